The van der Waals surface area contributed by atoms with Gasteiger partial charge < -0.3 is 5.32 Å². The Kier molecular flexibility index (Phi) is 6.73. The van der Waals surface area contributed by atoms with Crippen LogP contribution in [0.1, 0.15) is 10.4 Å². The number of aromatic nitrogens is 2. The summed E-state index contributed by atoms with van der Waals surface area (Å²) in [6.07, 6.45) is 2.90. The molecule has 1 N–H and O–H groups in total. The minimum Gasteiger partial charge on any atom is -0.322 e. The van der Waals surface area contributed by atoms with Crippen molar-refractivity contribution in [3.63, 3.8) is 0 Å². The third-order valence-electron chi connectivity index (χ3n) is 5.11. The fraction of sp³-hybridized carbons (Fsp3) is 0.0833. The highest BCUT2D eigenvalue weighted by Crippen LogP contribution is 2.33. The molecule has 1 aromatic heterocycles. The molecule has 0 saturated heterocycles. The number of sulfone groups is 1. The van der Waals surface area contributed by atoms with Crippen molar-refractivity contribution in [2.45, 2.75) is 4.90 Å². The van der Waals surface area contributed by atoms with Gasteiger partial charge in [-0.1, -0.05) is 40.9 Å². The molecule has 0 aliphatic heterocycles. The number of halogens is 3. The van der Waals surface area contributed by atoms with Gasteiger partial charge in [-0.2, -0.15) is 5.10 Å². The third kappa shape index (κ3) is 5.13. The van der Waals surface area contributed by atoms with Crippen LogP contribution in [0.5, 0.6) is 0 Å². The molecular weight excluding hydrogens is 517 g/mol. The molecule has 0 bridgehead atoms. The summed E-state index contributed by atoms with van der Waals surface area (Å²) in [5.41, 5.74) is 3.05. The van der Waals surface area contributed by atoms with E-state index in [1.807, 2.05) is 6.07 Å². The van der Waals surface area contributed by atoms with Crippen molar-refractivity contribution in [1.29, 1.82) is 0 Å². The molecule has 4 rings (SSSR count). The van der Waals surface area contributed by atoms with Crippen LogP contribution in [0, 0.1) is 0 Å². The van der Waals surface area contributed by atoms with Crippen molar-refractivity contribution in [3.8, 4) is 22.4 Å². The second-order valence-corrected chi connectivity index (χ2v) is 10.9. The van der Waals surface area contributed by atoms with Crippen molar-refractivity contribution in [3.05, 3.63) is 87.5 Å². The average molecular weight is 535 g/mol. The Hall–Kier alpha value is -2.84. The molecule has 0 radical (unpaired) electrons. The molecule has 174 valence electrons. The van der Waals surface area contributed by atoms with Gasteiger partial charge in [0.25, 0.3) is 5.91 Å². The van der Waals surface area contributed by atoms with Crippen LogP contribution in [0.4, 0.5) is 5.69 Å². The van der Waals surface area contributed by atoms with Gasteiger partial charge >= 0.3 is 0 Å². The van der Waals surface area contributed by atoms with E-state index in [-0.39, 0.29) is 15.5 Å². The number of hydrogen-bond acceptors (Lipinski definition) is 4. The van der Waals surface area contributed by atoms with Gasteiger partial charge in [0.2, 0.25) is 0 Å². The lowest BCUT2D eigenvalue weighted by molar-refractivity contribution is 0.102. The number of hydrogen-bond donors (Lipinski definition) is 1. The Balaban J connectivity index is 1.75. The van der Waals surface area contributed by atoms with E-state index in [1.54, 1.807) is 54.3 Å². The van der Waals surface area contributed by atoms with E-state index in [2.05, 4.69) is 10.4 Å². The standard InChI is InChI=1S/C24H18Cl3N3O3S/c1-30-10-9-23(29-30)19-12-15(4-8-20(19)25)28-24(31)17-6-5-16(34(2,32)33)13-18(17)14-3-7-21(26)22(27)11-14/h3-13H,1-2H3,(H,28,31). The lowest BCUT2D eigenvalue weighted by Gasteiger charge is -2.14. The SMILES string of the molecule is Cn1ccc(-c2cc(NC(=O)c3ccc(S(C)(=O)=O)cc3-c3ccc(Cl)c(Cl)c3)ccc2Cl)n1. The van der Waals surface area contributed by atoms with Gasteiger partial charge in [0.05, 0.1) is 25.7 Å². The monoisotopic (exact) mass is 533 g/mol. The lowest BCUT2D eigenvalue weighted by atomic mass is 9.99. The second kappa shape index (κ2) is 9.43. The van der Waals surface area contributed by atoms with Gasteiger partial charge in [-0.05, 0) is 65.7 Å². The highest BCUT2D eigenvalue weighted by atomic mass is 35.5. The van der Waals surface area contributed by atoms with Gasteiger partial charge in [-0.15, -0.1) is 0 Å². The summed E-state index contributed by atoms with van der Waals surface area (Å²) in [5, 5.41) is 8.34. The first-order chi connectivity index (χ1) is 16.0. The van der Waals surface area contributed by atoms with E-state index < -0.39 is 15.7 Å². The van der Waals surface area contributed by atoms with E-state index in [0.29, 0.717) is 38.1 Å². The maximum Gasteiger partial charge on any atom is 0.256 e. The van der Waals surface area contributed by atoms with Crippen molar-refractivity contribution in [2.24, 2.45) is 7.05 Å². The largest absolute Gasteiger partial charge is 0.322 e. The summed E-state index contributed by atoms with van der Waals surface area (Å²) in [7, 11) is -1.71. The number of carbonyl (C=O) groups is 1. The van der Waals surface area contributed by atoms with Gasteiger partial charge in [0.1, 0.15) is 0 Å². The predicted molar refractivity (Wildman–Crippen MR) is 137 cm³/mol. The van der Waals surface area contributed by atoms with Crippen LogP contribution >= 0.6 is 34.8 Å². The smallest absolute Gasteiger partial charge is 0.256 e. The molecule has 0 atom stereocenters. The Morgan fingerprint density at radius 3 is 2.26 bits per heavy atom. The maximum absolute atomic E-state index is 13.3. The van der Waals surface area contributed by atoms with Gasteiger partial charge in [0.15, 0.2) is 9.84 Å². The van der Waals surface area contributed by atoms with Crippen molar-refractivity contribution in [1.82, 2.24) is 9.78 Å². The summed E-state index contributed by atoms with van der Waals surface area (Å²) in [6.45, 7) is 0. The van der Waals surface area contributed by atoms with E-state index >= 15 is 0 Å². The van der Waals surface area contributed by atoms with Crippen molar-refractivity contribution in [2.75, 3.05) is 11.6 Å². The van der Waals surface area contributed by atoms with Crippen molar-refractivity contribution < 1.29 is 13.2 Å². The number of anilines is 1. The summed E-state index contributed by atoms with van der Waals surface area (Å²) in [5.74, 6) is -0.435. The van der Waals surface area contributed by atoms with Crippen LogP contribution in [0.2, 0.25) is 15.1 Å². The molecule has 0 saturated carbocycles. The number of nitrogens with one attached hydrogen (secondary N) is 1. The van der Waals surface area contributed by atoms with Gasteiger partial charge in [0, 0.05) is 36.3 Å². The number of aryl methyl sites for hydroxylation is 1. The van der Waals surface area contributed by atoms with Crippen LogP contribution in [0.25, 0.3) is 22.4 Å². The first kappa shape index (κ1) is 24.3. The summed E-state index contributed by atoms with van der Waals surface area (Å²) in [6, 6.07) is 16.1. The first-order valence-electron chi connectivity index (χ1n) is 9.93. The van der Waals surface area contributed by atoms with Crippen LogP contribution in [-0.2, 0) is 16.9 Å². The highest BCUT2D eigenvalue weighted by molar-refractivity contribution is 7.90. The summed E-state index contributed by atoms with van der Waals surface area (Å²) < 4.78 is 26.0. The normalized spacial score (nSPS) is 11.4. The predicted octanol–water partition coefficient (Wildman–Crippen LogP) is 6.37. The van der Waals surface area contributed by atoms with Crippen LogP contribution in [0.3, 0.4) is 0 Å². The minimum absolute atomic E-state index is 0.0778. The van der Waals surface area contributed by atoms with E-state index in [4.69, 9.17) is 34.8 Å². The number of benzene rings is 3. The van der Waals surface area contributed by atoms with Gasteiger partial charge in [-0.25, -0.2) is 8.42 Å². The van der Waals surface area contributed by atoms with E-state index in [1.165, 1.54) is 18.2 Å². The zero-order valence-electron chi connectivity index (χ0n) is 18.0. The molecule has 4 aromatic rings. The van der Waals surface area contributed by atoms with Crippen molar-refractivity contribution >= 4 is 56.2 Å². The highest BCUT2D eigenvalue weighted by Gasteiger charge is 2.19. The summed E-state index contributed by atoms with van der Waals surface area (Å²) in [4.78, 5) is 13.4. The topological polar surface area (TPSA) is 81.1 Å². The molecule has 0 fully saturated rings. The zero-order valence-corrected chi connectivity index (χ0v) is 21.1. The molecule has 1 heterocycles. The maximum atomic E-state index is 13.3. The molecule has 6 nitrogen and oxygen atoms in total. The molecular formula is C24H18Cl3N3O3S. The Bertz CT molecular complexity index is 1530. The van der Waals surface area contributed by atoms with Crippen LogP contribution in [-0.4, -0.2) is 30.4 Å². The fourth-order valence-corrected chi connectivity index (χ4v) is 4.57. The summed E-state index contributed by atoms with van der Waals surface area (Å²) >= 11 is 18.6. The Morgan fingerprint density at radius 2 is 1.62 bits per heavy atom. The lowest BCUT2D eigenvalue weighted by Crippen LogP contribution is -2.14. The molecule has 10 heteroatoms. The molecule has 3 aromatic carbocycles. The number of nitrogens with zero attached hydrogens (tertiary/aromatic N) is 2. The molecule has 0 aliphatic rings. The molecule has 34 heavy (non-hydrogen) atoms. The third-order valence-corrected chi connectivity index (χ3v) is 7.29. The van der Waals surface area contributed by atoms with E-state index in [0.717, 1.165) is 6.26 Å². The quantitative estimate of drug-likeness (QED) is 0.323. The second-order valence-electron chi connectivity index (χ2n) is 7.63. The van der Waals surface area contributed by atoms with Crippen LogP contribution < -0.4 is 5.32 Å². The molecule has 0 spiro atoms. The zero-order chi connectivity index (χ0) is 24.6. The Labute approximate surface area is 212 Å². The average Bonchev–Trinajstić information content (AvgIpc) is 3.22. The Morgan fingerprint density at radius 1 is 0.882 bits per heavy atom. The number of amides is 1. The van der Waals surface area contributed by atoms with Gasteiger partial charge in [-0.3, -0.25) is 9.48 Å². The minimum atomic E-state index is -3.51. The molecule has 0 unspecified atom stereocenters. The molecule has 0 aliphatic carbocycles. The molecule has 1 amide bonds. The number of carbonyl (C=O) groups excluding carboxylic acids is 1. The fourth-order valence-electron chi connectivity index (χ4n) is 3.41. The number of rotatable bonds is 5. The van der Waals surface area contributed by atoms with E-state index in [9.17, 15) is 13.2 Å². The first-order valence-corrected chi connectivity index (χ1v) is 13.0. The van der Waals surface area contributed by atoms with Crippen LogP contribution in [0.15, 0.2) is 71.8 Å².